The summed E-state index contributed by atoms with van der Waals surface area (Å²) in [6, 6.07) is 7.80. The molecule has 0 aromatic heterocycles. The van der Waals surface area contributed by atoms with Gasteiger partial charge in [0.25, 0.3) is 0 Å². The van der Waals surface area contributed by atoms with E-state index in [9.17, 15) is 9.59 Å². The topological polar surface area (TPSA) is 66.8 Å². The molecule has 0 atom stereocenters. The normalized spacial score (nSPS) is 15.6. The Morgan fingerprint density at radius 2 is 1.86 bits per heavy atom. The lowest BCUT2D eigenvalue weighted by molar-refractivity contribution is -0.145. The molecule has 120 valence electrons. The average molecular weight is 305 g/mol. The van der Waals surface area contributed by atoms with E-state index in [4.69, 9.17) is 9.84 Å². The van der Waals surface area contributed by atoms with Crippen LogP contribution in [0, 0.1) is 5.92 Å². The summed E-state index contributed by atoms with van der Waals surface area (Å²) in [5, 5.41) is 8.96. The first-order chi connectivity index (χ1) is 10.6. The fourth-order valence-electron chi connectivity index (χ4n) is 2.70. The first-order valence-corrected chi connectivity index (χ1v) is 7.82. The number of aliphatic carboxylic acids is 1. The molecular weight excluding hydrogens is 282 g/mol. The van der Waals surface area contributed by atoms with Gasteiger partial charge in [0, 0.05) is 19.5 Å². The summed E-state index contributed by atoms with van der Waals surface area (Å²) in [4.78, 5) is 24.9. The molecule has 5 nitrogen and oxygen atoms in total. The first-order valence-electron chi connectivity index (χ1n) is 7.82. The van der Waals surface area contributed by atoms with Crippen LogP contribution >= 0.6 is 0 Å². The number of carboxylic acid groups (broad SMARTS) is 1. The third kappa shape index (κ3) is 4.48. The Morgan fingerprint density at radius 3 is 2.41 bits per heavy atom. The zero-order valence-electron chi connectivity index (χ0n) is 13.0. The summed E-state index contributed by atoms with van der Waals surface area (Å²) < 4.78 is 5.39. The van der Waals surface area contributed by atoms with Gasteiger partial charge in [-0.05, 0) is 43.9 Å². The van der Waals surface area contributed by atoms with Gasteiger partial charge in [-0.15, -0.1) is 0 Å². The van der Waals surface area contributed by atoms with Gasteiger partial charge in [0.1, 0.15) is 5.75 Å². The minimum atomic E-state index is -0.749. The molecule has 1 aromatic carbocycles. The maximum Gasteiger partial charge on any atom is 0.306 e. The molecule has 22 heavy (non-hydrogen) atoms. The second kappa shape index (κ2) is 7.82. The second-order valence-corrected chi connectivity index (χ2v) is 5.57. The van der Waals surface area contributed by atoms with E-state index in [2.05, 4.69) is 0 Å². The maximum absolute atomic E-state index is 12.2. The Kier molecular flexibility index (Phi) is 5.81. The number of benzene rings is 1. The number of nitrogens with zero attached hydrogens (tertiary/aromatic N) is 1. The highest BCUT2D eigenvalue weighted by atomic mass is 16.5. The van der Waals surface area contributed by atoms with E-state index >= 15 is 0 Å². The van der Waals surface area contributed by atoms with Crippen LogP contribution < -0.4 is 4.74 Å². The van der Waals surface area contributed by atoms with E-state index in [1.54, 1.807) is 4.90 Å². The van der Waals surface area contributed by atoms with E-state index in [0.717, 1.165) is 11.3 Å². The van der Waals surface area contributed by atoms with Gasteiger partial charge in [0.2, 0.25) is 5.91 Å². The van der Waals surface area contributed by atoms with Crippen molar-refractivity contribution in [1.82, 2.24) is 4.90 Å². The number of likely N-dealkylation sites (tertiary alicyclic amines) is 1. The van der Waals surface area contributed by atoms with Crippen molar-refractivity contribution >= 4 is 11.9 Å². The quantitative estimate of drug-likeness (QED) is 0.876. The average Bonchev–Trinajstić information content (AvgIpc) is 2.54. The number of amides is 1. The monoisotopic (exact) mass is 305 g/mol. The van der Waals surface area contributed by atoms with Crippen molar-refractivity contribution in [3.63, 3.8) is 0 Å². The lowest BCUT2D eigenvalue weighted by Crippen LogP contribution is -2.40. The molecule has 0 radical (unpaired) electrons. The van der Waals surface area contributed by atoms with Crippen LogP contribution in [0.25, 0.3) is 0 Å². The lowest BCUT2D eigenvalue weighted by Gasteiger charge is -2.30. The van der Waals surface area contributed by atoms with Crippen LogP contribution in [0.1, 0.15) is 31.7 Å². The molecule has 1 heterocycles. The number of carbonyl (C=O) groups excluding carboxylic acids is 1. The molecule has 1 aliphatic heterocycles. The van der Waals surface area contributed by atoms with Crippen LogP contribution in [0.5, 0.6) is 5.75 Å². The van der Waals surface area contributed by atoms with Gasteiger partial charge in [-0.1, -0.05) is 12.1 Å². The summed E-state index contributed by atoms with van der Waals surface area (Å²) >= 11 is 0. The van der Waals surface area contributed by atoms with Gasteiger partial charge in [-0.3, -0.25) is 9.59 Å². The van der Waals surface area contributed by atoms with Gasteiger partial charge in [-0.2, -0.15) is 0 Å². The highest BCUT2D eigenvalue weighted by Crippen LogP contribution is 2.19. The zero-order valence-corrected chi connectivity index (χ0v) is 13.0. The standard InChI is InChI=1S/C17H23NO4/c1-2-22-15-6-3-13(4-7-15)5-8-16(19)18-11-9-14(10-12-18)17(20)21/h3-4,6-7,14H,2,5,8-12H2,1H3,(H,20,21). The third-order valence-electron chi connectivity index (χ3n) is 4.06. The molecule has 1 saturated heterocycles. The summed E-state index contributed by atoms with van der Waals surface area (Å²) in [6.07, 6.45) is 2.28. The molecule has 1 N–H and O–H groups in total. The fourth-order valence-corrected chi connectivity index (χ4v) is 2.70. The molecule has 0 spiro atoms. The van der Waals surface area contributed by atoms with Crippen molar-refractivity contribution in [2.45, 2.75) is 32.6 Å². The van der Waals surface area contributed by atoms with E-state index in [0.29, 0.717) is 45.4 Å². The minimum Gasteiger partial charge on any atom is -0.494 e. The highest BCUT2D eigenvalue weighted by molar-refractivity contribution is 5.77. The molecule has 1 amide bonds. The molecule has 2 rings (SSSR count). The van der Waals surface area contributed by atoms with Crippen molar-refractivity contribution < 1.29 is 19.4 Å². The third-order valence-corrected chi connectivity index (χ3v) is 4.06. The van der Waals surface area contributed by atoms with E-state index in [-0.39, 0.29) is 11.8 Å². The van der Waals surface area contributed by atoms with Crippen molar-refractivity contribution in [2.75, 3.05) is 19.7 Å². The fraction of sp³-hybridized carbons (Fsp3) is 0.529. The number of carbonyl (C=O) groups is 2. The van der Waals surface area contributed by atoms with Gasteiger partial charge in [0.05, 0.1) is 12.5 Å². The summed E-state index contributed by atoms with van der Waals surface area (Å²) in [5.74, 6) is -0.0947. The van der Waals surface area contributed by atoms with E-state index in [1.807, 2.05) is 31.2 Å². The number of carboxylic acids is 1. The summed E-state index contributed by atoms with van der Waals surface area (Å²) in [7, 11) is 0. The number of piperidine rings is 1. The van der Waals surface area contributed by atoms with E-state index in [1.165, 1.54) is 0 Å². The maximum atomic E-state index is 12.2. The van der Waals surface area contributed by atoms with Crippen LogP contribution in [0.15, 0.2) is 24.3 Å². The summed E-state index contributed by atoms with van der Waals surface area (Å²) in [6.45, 7) is 3.70. The largest absolute Gasteiger partial charge is 0.494 e. The van der Waals surface area contributed by atoms with Gasteiger partial charge < -0.3 is 14.7 Å². The van der Waals surface area contributed by atoms with Crippen LogP contribution in [-0.2, 0) is 16.0 Å². The SMILES string of the molecule is CCOc1ccc(CCC(=O)N2CCC(C(=O)O)CC2)cc1. The molecule has 0 unspecified atom stereocenters. The minimum absolute atomic E-state index is 0.109. The Labute approximate surface area is 130 Å². The summed E-state index contributed by atoms with van der Waals surface area (Å²) in [5.41, 5.74) is 1.11. The number of hydrogen-bond donors (Lipinski definition) is 1. The second-order valence-electron chi connectivity index (χ2n) is 5.57. The number of rotatable bonds is 6. The number of hydrogen-bond acceptors (Lipinski definition) is 3. The van der Waals surface area contributed by atoms with Crippen molar-refractivity contribution in [1.29, 1.82) is 0 Å². The van der Waals surface area contributed by atoms with E-state index < -0.39 is 5.97 Å². The highest BCUT2D eigenvalue weighted by Gasteiger charge is 2.26. The Morgan fingerprint density at radius 1 is 1.23 bits per heavy atom. The smallest absolute Gasteiger partial charge is 0.306 e. The van der Waals surface area contributed by atoms with Crippen LogP contribution in [0.4, 0.5) is 0 Å². The first kappa shape index (κ1) is 16.3. The molecule has 1 aromatic rings. The van der Waals surface area contributed by atoms with Gasteiger partial charge >= 0.3 is 5.97 Å². The van der Waals surface area contributed by atoms with Crippen LogP contribution in [0.3, 0.4) is 0 Å². The Hall–Kier alpha value is -2.04. The van der Waals surface area contributed by atoms with Gasteiger partial charge in [0.15, 0.2) is 0 Å². The molecule has 0 aliphatic carbocycles. The van der Waals surface area contributed by atoms with Crippen molar-refractivity contribution in [3.8, 4) is 5.75 Å². The molecule has 0 bridgehead atoms. The molecular formula is C17H23NO4. The Balaban J connectivity index is 1.77. The lowest BCUT2D eigenvalue weighted by atomic mass is 9.96. The number of aryl methyl sites for hydroxylation is 1. The molecule has 0 saturated carbocycles. The predicted molar refractivity (Wildman–Crippen MR) is 82.9 cm³/mol. The van der Waals surface area contributed by atoms with Crippen molar-refractivity contribution in [3.05, 3.63) is 29.8 Å². The molecule has 5 heteroatoms. The predicted octanol–water partition coefficient (Wildman–Crippen LogP) is 2.34. The van der Waals surface area contributed by atoms with Crippen LogP contribution in [0.2, 0.25) is 0 Å². The molecule has 1 aliphatic rings. The molecule has 1 fully saturated rings. The van der Waals surface area contributed by atoms with Gasteiger partial charge in [-0.25, -0.2) is 0 Å². The Bertz CT molecular complexity index is 504. The van der Waals surface area contributed by atoms with Crippen molar-refractivity contribution in [2.24, 2.45) is 5.92 Å². The number of ether oxygens (including phenoxy) is 1. The van der Waals surface area contributed by atoms with Crippen LogP contribution in [-0.4, -0.2) is 41.6 Å². The zero-order chi connectivity index (χ0) is 15.9.